The third-order valence-electron chi connectivity index (χ3n) is 2.47. The van der Waals surface area contributed by atoms with Crippen LogP contribution in [0.25, 0.3) is 10.9 Å². The number of nitrogens with zero attached hydrogens (tertiary/aromatic N) is 1. The van der Waals surface area contributed by atoms with Crippen LogP contribution in [0.4, 0.5) is 0 Å². The Hall–Kier alpha value is -1.27. The molecule has 2 heterocycles. The maximum atomic E-state index is 11.9. The topological polar surface area (TPSA) is 66.9 Å². The van der Waals surface area contributed by atoms with Crippen molar-refractivity contribution in [2.24, 2.45) is 7.05 Å². The molecule has 2 N–H and O–H groups in total. The van der Waals surface area contributed by atoms with Crippen LogP contribution in [0.2, 0.25) is 5.02 Å². The maximum Gasteiger partial charge on any atom is 0.274 e. The Morgan fingerprint density at radius 3 is 2.82 bits per heavy atom. The summed E-state index contributed by atoms with van der Waals surface area (Å²) >= 11 is 9.41. The molecule has 0 fully saturated rings. The van der Waals surface area contributed by atoms with Crippen molar-refractivity contribution in [1.82, 2.24) is 14.9 Å². The van der Waals surface area contributed by atoms with Gasteiger partial charge in [-0.15, -0.1) is 0 Å². The van der Waals surface area contributed by atoms with E-state index in [4.69, 9.17) is 11.6 Å². The SMILES string of the molecule is CNC(=O)c1[nH]c2c(=O)n(C)cc(Br)c2c1Cl. The molecule has 0 radical (unpaired) electrons. The lowest BCUT2D eigenvalue weighted by atomic mass is 10.3. The summed E-state index contributed by atoms with van der Waals surface area (Å²) in [7, 11) is 3.12. The van der Waals surface area contributed by atoms with Gasteiger partial charge in [0.25, 0.3) is 11.5 Å². The van der Waals surface area contributed by atoms with Crippen LogP contribution in [0.1, 0.15) is 10.5 Å². The van der Waals surface area contributed by atoms with E-state index < -0.39 is 0 Å². The molecule has 2 rings (SSSR count). The second-order valence-electron chi connectivity index (χ2n) is 3.54. The number of rotatable bonds is 1. The molecule has 1 amide bonds. The summed E-state index contributed by atoms with van der Waals surface area (Å²) in [4.78, 5) is 26.2. The van der Waals surface area contributed by atoms with Gasteiger partial charge in [0.2, 0.25) is 0 Å². The monoisotopic (exact) mass is 317 g/mol. The van der Waals surface area contributed by atoms with Gasteiger partial charge < -0.3 is 14.9 Å². The fourth-order valence-electron chi connectivity index (χ4n) is 1.61. The van der Waals surface area contributed by atoms with E-state index in [0.717, 1.165) is 0 Å². The molecule has 0 atom stereocenters. The van der Waals surface area contributed by atoms with Gasteiger partial charge in [0.15, 0.2) is 0 Å². The number of hydrogen-bond donors (Lipinski definition) is 2. The molecular weight excluding hydrogens is 309 g/mol. The number of pyridine rings is 1. The second-order valence-corrected chi connectivity index (χ2v) is 4.77. The molecule has 2 aromatic rings. The smallest absolute Gasteiger partial charge is 0.274 e. The van der Waals surface area contributed by atoms with Crippen LogP contribution in [0.5, 0.6) is 0 Å². The third-order valence-corrected chi connectivity index (χ3v) is 3.45. The zero-order valence-corrected chi connectivity index (χ0v) is 11.4. The summed E-state index contributed by atoms with van der Waals surface area (Å²) < 4.78 is 2.07. The van der Waals surface area contributed by atoms with Gasteiger partial charge in [0.1, 0.15) is 11.2 Å². The van der Waals surface area contributed by atoms with Crippen LogP contribution < -0.4 is 10.9 Å². The number of carbonyl (C=O) groups excluding carboxylic acids is 1. The molecule has 0 spiro atoms. The number of nitrogens with one attached hydrogen (secondary N) is 2. The summed E-state index contributed by atoms with van der Waals surface area (Å²) in [6.45, 7) is 0. The van der Waals surface area contributed by atoms with E-state index in [0.29, 0.717) is 15.4 Å². The Bertz CT molecular complexity index is 674. The summed E-state index contributed by atoms with van der Waals surface area (Å²) in [6.07, 6.45) is 1.61. The second kappa shape index (κ2) is 4.19. The molecule has 17 heavy (non-hydrogen) atoms. The Morgan fingerprint density at radius 1 is 1.59 bits per heavy atom. The Labute approximate surface area is 110 Å². The Balaban J connectivity index is 2.92. The number of halogens is 2. The molecule has 5 nitrogen and oxygen atoms in total. The lowest BCUT2D eigenvalue weighted by Crippen LogP contribution is -2.19. The number of carbonyl (C=O) groups is 1. The largest absolute Gasteiger partial charge is 0.354 e. The van der Waals surface area contributed by atoms with Crippen molar-refractivity contribution < 1.29 is 4.79 Å². The molecule has 0 bridgehead atoms. The molecule has 0 aliphatic rings. The average Bonchev–Trinajstić information content (AvgIpc) is 2.64. The maximum absolute atomic E-state index is 11.9. The number of fused-ring (bicyclic) bond motifs is 1. The highest BCUT2D eigenvalue weighted by atomic mass is 79.9. The first-order valence-corrected chi connectivity index (χ1v) is 5.92. The van der Waals surface area contributed by atoms with Crippen molar-refractivity contribution in [3.8, 4) is 0 Å². The van der Waals surface area contributed by atoms with E-state index >= 15 is 0 Å². The average molecular weight is 319 g/mol. The zero-order valence-electron chi connectivity index (χ0n) is 9.10. The fraction of sp³-hybridized carbons (Fsp3) is 0.200. The van der Waals surface area contributed by atoms with Crippen molar-refractivity contribution in [2.75, 3.05) is 7.05 Å². The zero-order chi connectivity index (χ0) is 12.7. The Kier molecular flexibility index (Phi) is 3.01. The highest BCUT2D eigenvalue weighted by molar-refractivity contribution is 9.10. The van der Waals surface area contributed by atoms with E-state index in [2.05, 4.69) is 26.2 Å². The standard InChI is InChI=1S/C10H9BrClN3O2/c1-13-9(16)8-6(12)5-4(11)3-15(2)10(17)7(5)14-8/h3,14H,1-2H3,(H,13,16). The van der Waals surface area contributed by atoms with Gasteiger partial charge in [-0.2, -0.15) is 0 Å². The molecule has 0 aliphatic carbocycles. The number of aromatic amines is 1. The quantitative estimate of drug-likeness (QED) is 0.839. The van der Waals surface area contributed by atoms with Gasteiger partial charge in [-0.05, 0) is 15.9 Å². The summed E-state index contributed by atoms with van der Waals surface area (Å²) in [5, 5.41) is 3.22. The minimum atomic E-state index is -0.361. The van der Waals surface area contributed by atoms with Crippen molar-refractivity contribution in [3.63, 3.8) is 0 Å². The molecule has 0 saturated carbocycles. The molecule has 0 aromatic carbocycles. The highest BCUT2D eigenvalue weighted by Gasteiger charge is 2.19. The molecular formula is C10H9BrClN3O2. The van der Waals surface area contributed by atoms with E-state index in [1.54, 1.807) is 13.2 Å². The molecule has 2 aromatic heterocycles. The van der Waals surface area contributed by atoms with Crippen LogP contribution in [-0.2, 0) is 7.05 Å². The number of aromatic nitrogens is 2. The van der Waals surface area contributed by atoms with Gasteiger partial charge in [-0.1, -0.05) is 11.6 Å². The van der Waals surface area contributed by atoms with Gasteiger partial charge in [0.05, 0.1) is 5.02 Å². The van der Waals surface area contributed by atoms with Crippen molar-refractivity contribution in [1.29, 1.82) is 0 Å². The predicted molar refractivity (Wildman–Crippen MR) is 69.6 cm³/mol. The van der Waals surface area contributed by atoms with Crippen molar-refractivity contribution in [3.05, 3.63) is 31.7 Å². The molecule has 90 valence electrons. The molecule has 0 unspecified atom stereocenters. The molecule has 0 aliphatic heterocycles. The number of aryl methyl sites for hydroxylation is 1. The first-order valence-electron chi connectivity index (χ1n) is 4.75. The summed E-state index contributed by atoms with van der Waals surface area (Å²) in [5.41, 5.74) is 0.263. The highest BCUT2D eigenvalue weighted by Crippen LogP contribution is 2.31. The number of hydrogen-bond acceptors (Lipinski definition) is 2. The van der Waals surface area contributed by atoms with E-state index in [1.807, 2.05) is 0 Å². The minimum absolute atomic E-state index is 0.188. The van der Waals surface area contributed by atoms with Crippen LogP contribution in [0, 0.1) is 0 Å². The first kappa shape index (κ1) is 12.2. The normalized spacial score (nSPS) is 10.8. The van der Waals surface area contributed by atoms with Crippen LogP contribution in [0.3, 0.4) is 0 Å². The van der Waals surface area contributed by atoms with E-state index in [9.17, 15) is 9.59 Å². The van der Waals surface area contributed by atoms with Gasteiger partial charge in [-0.25, -0.2) is 0 Å². The van der Waals surface area contributed by atoms with Gasteiger partial charge in [0, 0.05) is 30.2 Å². The third kappa shape index (κ3) is 1.77. The first-order chi connectivity index (χ1) is 7.97. The lowest BCUT2D eigenvalue weighted by Gasteiger charge is -1.99. The van der Waals surface area contributed by atoms with E-state index in [-0.39, 0.29) is 22.2 Å². The van der Waals surface area contributed by atoms with E-state index in [1.165, 1.54) is 11.6 Å². The lowest BCUT2D eigenvalue weighted by molar-refractivity contribution is 0.0959. The van der Waals surface area contributed by atoms with Crippen LogP contribution in [0.15, 0.2) is 15.5 Å². The van der Waals surface area contributed by atoms with Gasteiger partial charge >= 0.3 is 0 Å². The van der Waals surface area contributed by atoms with Gasteiger partial charge in [-0.3, -0.25) is 9.59 Å². The summed E-state index contributed by atoms with van der Waals surface area (Å²) in [6, 6.07) is 0. The molecule has 0 saturated heterocycles. The number of amides is 1. The van der Waals surface area contributed by atoms with Crippen LogP contribution >= 0.6 is 27.5 Å². The molecule has 7 heteroatoms. The summed E-state index contributed by atoms with van der Waals surface area (Å²) in [5.74, 6) is -0.361. The number of H-pyrrole nitrogens is 1. The minimum Gasteiger partial charge on any atom is -0.354 e. The van der Waals surface area contributed by atoms with Crippen LogP contribution in [-0.4, -0.2) is 22.5 Å². The Morgan fingerprint density at radius 2 is 2.24 bits per heavy atom. The van der Waals surface area contributed by atoms with Crippen molar-refractivity contribution >= 4 is 44.3 Å². The fourth-order valence-corrected chi connectivity index (χ4v) is 2.76. The van der Waals surface area contributed by atoms with Crippen molar-refractivity contribution in [2.45, 2.75) is 0 Å². The predicted octanol–water partition coefficient (Wildman–Crippen LogP) is 1.64.